The number of Topliss-reactive ketones (excluding diaryl/α,β-unsaturated/α-hetero) is 1. The number of carbonyl (C=O) groups excluding carboxylic acids is 2. The first-order valence-electron chi connectivity index (χ1n) is 8.44. The molecule has 1 aromatic heterocycles. The van der Waals surface area contributed by atoms with Crippen molar-refractivity contribution in [3.8, 4) is 0 Å². The third kappa shape index (κ3) is 3.42. The number of ketones is 1. The smallest absolute Gasteiger partial charge is 0.300 e. The SMILES string of the molecule is O=C1C(=O)N(c2ccc(Cl)cc2)C(c2ccco2)/C1=C(/O)c1ccc(Cl)c(Cl)c1. The molecule has 0 saturated carbocycles. The fourth-order valence-corrected chi connectivity index (χ4v) is 3.64. The van der Waals surface area contributed by atoms with Crippen molar-refractivity contribution in [2.45, 2.75) is 6.04 Å². The monoisotopic (exact) mass is 447 g/mol. The second kappa shape index (κ2) is 7.59. The predicted molar refractivity (Wildman–Crippen MR) is 111 cm³/mol. The van der Waals surface area contributed by atoms with E-state index in [1.807, 2.05) is 0 Å². The van der Waals surface area contributed by atoms with E-state index in [9.17, 15) is 14.7 Å². The van der Waals surface area contributed by atoms with Gasteiger partial charge < -0.3 is 9.52 Å². The number of halogens is 3. The van der Waals surface area contributed by atoms with Crippen LogP contribution in [0.1, 0.15) is 17.4 Å². The number of anilines is 1. The maximum absolute atomic E-state index is 12.9. The third-order valence-corrected chi connectivity index (χ3v) is 5.55. The van der Waals surface area contributed by atoms with Gasteiger partial charge in [0.2, 0.25) is 0 Å². The molecule has 0 spiro atoms. The van der Waals surface area contributed by atoms with Gasteiger partial charge in [-0.1, -0.05) is 34.8 Å². The third-order valence-electron chi connectivity index (χ3n) is 4.55. The molecule has 1 fully saturated rings. The van der Waals surface area contributed by atoms with E-state index in [1.54, 1.807) is 36.4 Å². The highest BCUT2D eigenvalue weighted by Crippen LogP contribution is 2.42. The van der Waals surface area contributed by atoms with Gasteiger partial charge in [0.05, 0.1) is 21.9 Å². The number of aliphatic hydroxyl groups excluding tert-OH is 1. The number of carbonyl (C=O) groups is 2. The minimum atomic E-state index is -0.958. The van der Waals surface area contributed by atoms with Gasteiger partial charge in [-0.2, -0.15) is 0 Å². The molecule has 0 aliphatic carbocycles. The quantitative estimate of drug-likeness (QED) is 0.309. The number of nitrogens with zero attached hydrogens (tertiary/aromatic N) is 1. The Hall–Kier alpha value is -2.73. The summed E-state index contributed by atoms with van der Waals surface area (Å²) in [6, 6.07) is 13.2. The number of amides is 1. The zero-order chi connectivity index (χ0) is 20.7. The maximum atomic E-state index is 12.9. The van der Waals surface area contributed by atoms with Gasteiger partial charge in [-0.05, 0) is 54.6 Å². The van der Waals surface area contributed by atoms with Crippen LogP contribution >= 0.6 is 34.8 Å². The van der Waals surface area contributed by atoms with Gasteiger partial charge in [0, 0.05) is 16.3 Å². The number of furan rings is 1. The molecule has 29 heavy (non-hydrogen) atoms. The average molecular weight is 449 g/mol. The van der Waals surface area contributed by atoms with Crippen LogP contribution in [0.4, 0.5) is 5.69 Å². The molecule has 1 aliphatic heterocycles. The van der Waals surface area contributed by atoms with Crippen molar-refractivity contribution in [2.75, 3.05) is 4.90 Å². The zero-order valence-electron chi connectivity index (χ0n) is 14.6. The maximum Gasteiger partial charge on any atom is 0.300 e. The lowest BCUT2D eigenvalue weighted by molar-refractivity contribution is -0.132. The second-order valence-electron chi connectivity index (χ2n) is 6.29. The highest BCUT2D eigenvalue weighted by Gasteiger charge is 2.48. The molecule has 8 heteroatoms. The fraction of sp³-hybridized carbons (Fsp3) is 0.0476. The summed E-state index contributed by atoms with van der Waals surface area (Å²) < 4.78 is 5.48. The summed E-state index contributed by atoms with van der Waals surface area (Å²) in [6.45, 7) is 0. The zero-order valence-corrected chi connectivity index (χ0v) is 16.9. The molecule has 4 rings (SSSR count). The first kappa shape index (κ1) is 19.6. The van der Waals surface area contributed by atoms with Crippen LogP contribution in [0.15, 0.2) is 70.9 Å². The van der Waals surface area contributed by atoms with Crippen LogP contribution in [0, 0.1) is 0 Å². The number of benzene rings is 2. The highest BCUT2D eigenvalue weighted by molar-refractivity contribution is 6.51. The van der Waals surface area contributed by atoms with E-state index in [2.05, 4.69) is 0 Å². The molecule has 1 amide bonds. The van der Waals surface area contributed by atoms with Gasteiger partial charge >= 0.3 is 0 Å². The van der Waals surface area contributed by atoms with E-state index in [1.165, 1.54) is 29.4 Å². The van der Waals surface area contributed by atoms with Crippen LogP contribution in [0.5, 0.6) is 0 Å². The summed E-state index contributed by atoms with van der Waals surface area (Å²) in [4.78, 5) is 27.0. The minimum absolute atomic E-state index is 0.113. The van der Waals surface area contributed by atoms with E-state index >= 15 is 0 Å². The van der Waals surface area contributed by atoms with Gasteiger partial charge in [-0.3, -0.25) is 14.5 Å². The van der Waals surface area contributed by atoms with Crippen LogP contribution in [-0.4, -0.2) is 16.8 Å². The Morgan fingerprint density at radius 2 is 1.69 bits per heavy atom. The van der Waals surface area contributed by atoms with Crippen molar-refractivity contribution < 1.29 is 19.1 Å². The Bertz CT molecular complexity index is 1140. The summed E-state index contributed by atoms with van der Waals surface area (Å²) in [5, 5.41) is 11.9. The van der Waals surface area contributed by atoms with Crippen molar-refractivity contribution in [3.05, 3.63) is 92.8 Å². The fourth-order valence-electron chi connectivity index (χ4n) is 3.22. The Balaban J connectivity index is 1.92. The largest absolute Gasteiger partial charge is 0.507 e. The molecule has 2 aromatic carbocycles. The van der Waals surface area contributed by atoms with E-state index in [4.69, 9.17) is 39.2 Å². The molecule has 2 heterocycles. The molecule has 0 radical (unpaired) electrons. The summed E-state index contributed by atoms with van der Waals surface area (Å²) in [5.74, 6) is -1.69. The molecule has 1 unspecified atom stereocenters. The van der Waals surface area contributed by atoms with Crippen LogP contribution in [-0.2, 0) is 9.59 Å². The van der Waals surface area contributed by atoms with Crippen LogP contribution in [0.3, 0.4) is 0 Å². The Morgan fingerprint density at radius 3 is 2.31 bits per heavy atom. The molecule has 1 N–H and O–H groups in total. The van der Waals surface area contributed by atoms with Crippen molar-refractivity contribution in [1.82, 2.24) is 0 Å². The lowest BCUT2D eigenvalue weighted by Gasteiger charge is -2.23. The number of hydrogen-bond donors (Lipinski definition) is 1. The molecule has 1 saturated heterocycles. The molecule has 1 atom stereocenters. The van der Waals surface area contributed by atoms with E-state index < -0.39 is 17.7 Å². The number of aliphatic hydroxyl groups is 1. The summed E-state index contributed by atoms with van der Waals surface area (Å²) in [5.41, 5.74) is 0.578. The lowest BCUT2D eigenvalue weighted by Crippen LogP contribution is -2.29. The van der Waals surface area contributed by atoms with Crippen LogP contribution in [0.2, 0.25) is 15.1 Å². The Labute approximate surface area is 180 Å². The van der Waals surface area contributed by atoms with E-state index in [0.717, 1.165) is 0 Å². The number of hydrogen-bond acceptors (Lipinski definition) is 4. The summed E-state index contributed by atoms with van der Waals surface area (Å²) >= 11 is 17.9. The topological polar surface area (TPSA) is 70.8 Å². The second-order valence-corrected chi connectivity index (χ2v) is 7.54. The van der Waals surface area contributed by atoms with Gasteiger partial charge in [0.1, 0.15) is 17.6 Å². The Morgan fingerprint density at radius 1 is 0.966 bits per heavy atom. The molecule has 3 aromatic rings. The van der Waals surface area contributed by atoms with Crippen LogP contribution < -0.4 is 4.90 Å². The molecule has 1 aliphatic rings. The lowest BCUT2D eigenvalue weighted by atomic mass is 9.99. The molecule has 146 valence electrons. The molecular weight excluding hydrogens is 437 g/mol. The van der Waals surface area contributed by atoms with Crippen LogP contribution in [0.25, 0.3) is 5.76 Å². The van der Waals surface area contributed by atoms with Gasteiger partial charge in [0.25, 0.3) is 11.7 Å². The first-order chi connectivity index (χ1) is 13.9. The standard InChI is InChI=1S/C21H12Cl3NO4/c22-12-4-6-13(7-5-12)25-18(16-2-1-9-29-16)17(20(27)21(25)28)19(26)11-3-8-14(23)15(24)10-11/h1-10,18,26H/b19-17-. The highest BCUT2D eigenvalue weighted by atomic mass is 35.5. The predicted octanol–water partition coefficient (Wildman–Crippen LogP) is 5.87. The van der Waals surface area contributed by atoms with Crippen molar-refractivity contribution in [1.29, 1.82) is 0 Å². The van der Waals surface area contributed by atoms with Gasteiger partial charge in [-0.15, -0.1) is 0 Å². The molecular formula is C21H12Cl3NO4. The van der Waals surface area contributed by atoms with E-state index in [-0.39, 0.29) is 21.9 Å². The van der Waals surface area contributed by atoms with Crippen molar-refractivity contribution >= 4 is 57.9 Å². The summed E-state index contributed by atoms with van der Waals surface area (Å²) in [6.07, 6.45) is 1.43. The summed E-state index contributed by atoms with van der Waals surface area (Å²) in [7, 11) is 0. The number of rotatable bonds is 3. The normalized spacial score (nSPS) is 18.4. The van der Waals surface area contributed by atoms with Gasteiger partial charge in [-0.25, -0.2) is 0 Å². The van der Waals surface area contributed by atoms with E-state index in [0.29, 0.717) is 21.5 Å². The molecule has 0 bridgehead atoms. The Kier molecular flexibility index (Phi) is 5.13. The van der Waals surface area contributed by atoms with Gasteiger partial charge in [0.15, 0.2) is 0 Å². The van der Waals surface area contributed by atoms with Crippen molar-refractivity contribution in [2.24, 2.45) is 0 Å². The average Bonchev–Trinajstić information content (AvgIpc) is 3.32. The molecule has 5 nitrogen and oxygen atoms in total. The van der Waals surface area contributed by atoms with Crippen molar-refractivity contribution in [3.63, 3.8) is 0 Å². The first-order valence-corrected chi connectivity index (χ1v) is 9.57. The minimum Gasteiger partial charge on any atom is -0.507 e.